The first-order chi connectivity index (χ1) is 11.9. The number of rotatable bonds is 5. The number of sulfone groups is 1. The summed E-state index contributed by atoms with van der Waals surface area (Å²) in [7, 11) is -1.80. The van der Waals surface area contributed by atoms with Crippen LogP contribution in [0.5, 0.6) is 5.75 Å². The van der Waals surface area contributed by atoms with Crippen LogP contribution in [0.3, 0.4) is 0 Å². The average molecular weight is 412 g/mol. The zero-order valence-electron chi connectivity index (χ0n) is 13.9. The number of allylic oxidation sites excluding steroid dienone is 2. The molecule has 0 amide bonds. The molecule has 1 atom stereocenters. The second kappa shape index (κ2) is 7.50. The SMILES string of the molecule is CN1C=C(c2cc(CS(C)(=O)=O)ccc2OCC(F)(F)F)C=C(Cl)C1O. The van der Waals surface area contributed by atoms with E-state index in [2.05, 4.69) is 0 Å². The zero-order chi connectivity index (χ0) is 19.7. The first-order valence-electron chi connectivity index (χ1n) is 7.35. The molecular formula is C16H17ClF3NO4S. The van der Waals surface area contributed by atoms with Gasteiger partial charge in [-0.3, -0.25) is 0 Å². The maximum atomic E-state index is 12.5. The van der Waals surface area contributed by atoms with Gasteiger partial charge in [0.15, 0.2) is 22.7 Å². The fraction of sp³-hybridized carbons (Fsp3) is 0.375. The van der Waals surface area contributed by atoms with Crippen molar-refractivity contribution in [1.29, 1.82) is 0 Å². The van der Waals surface area contributed by atoms with Crippen LogP contribution in [0.15, 0.2) is 35.5 Å². The van der Waals surface area contributed by atoms with E-state index in [1.807, 2.05) is 0 Å². The second-order valence-electron chi connectivity index (χ2n) is 5.96. The summed E-state index contributed by atoms with van der Waals surface area (Å²) in [4.78, 5) is 1.37. The van der Waals surface area contributed by atoms with Gasteiger partial charge in [0.2, 0.25) is 0 Å². The van der Waals surface area contributed by atoms with Crippen LogP contribution >= 0.6 is 11.6 Å². The Kier molecular flexibility index (Phi) is 5.94. The lowest BCUT2D eigenvalue weighted by Crippen LogP contribution is -2.29. The maximum absolute atomic E-state index is 12.5. The molecule has 1 aromatic carbocycles. The molecule has 0 aromatic heterocycles. The van der Waals surface area contributed by atoms with Gasteiger partial charge in [0, 0.05) is 30.6 Å². The largest absolute Gasteiger partial charge is 0.483 e. The van der Waals surface area contributed by atoms with Crippen molar-refractivity contribution in [3.63, 3.8) is 0 Å². The van der Waals surface area contributed by atoms with E-state index in [9.17, 15) is 26.7 Å². The summed E-state index contributed by atoms with van der Waals surface area (Å²) in [5.74, 6) is -0.348. The monoisotopic (exact) mass is 411 g/mol. The lowest BCUT2D eigenvalue weighted by atomic mass is 10.0. The number of aliphatic hydroxyl groups excluding tert-OH is 1. The van der Waals surface area contributed by atoms with Crippen LogP contribution in [0.2, 0.25) is 0 Å². The summed E-state index contributed by atoms with van der Waals surface area (Å²) in [5, 5.41) is 9.89. The Bertz CT molecular complexity index is 850. The molecule has 0 bridgehead atoms. The van der Waals surface area contributed by atoms with Crippen LogP contribution < -0.4 is 4.74 Å². The molecule has 0 radical (unpaired) electrons. The van der Waals surface area contributed by atoms with Crippen molar-refractivity contribution in [2.45, 2.75) is 18.2 Å². The Labute approximate surface area is 154 Å². The molecule has 1 aliphatic rings. The fourth-order valence-corrected chi connectivity index (χ4v) is 3.43. The van der Waals surface area contributed by atoms with Gasteiger partial charge in [0.25, 0.3) is 0 Å². The molecule has 1 heterocycles. The number of aliphatic hydroxyl groups is 1. The summed E-state index contributed by atoms with van der Waals surface area (Å²) in [5.41, 5.74) is 1.02. The third kappa shape index (κ3) is 5.65. The molecule has 1 unspecified atom stereocenters. The van der Waals surface area contributed by atoms with E-state index >= 15 is 0 Å². The number of halogens is 4. The highest BCUT2D eigenvalue weighted by atomic mass is 35.5. The van der Waals surface area contributed by atoms with Crippen LogP contribution in [-0.4, -0.2) is 50.7 Å². The third-order valence-corrected chi connectivity index (χ3v) is 4.61. The predicted molar refractivity (Wildman–Crippen MR) is 92.2 cm³/mol. The molecule has 1 N–H and O–H groups in total. The van der Waals surface area contributed by atoms with Gasteiger partial charge in [0.1, 0.15) is 5.75 Å². The van der Waals surface area contributed by atoms with E-state index < -0.39 is 28.8 Å². The van der Waals surface area contributed by atoms with Gasteiger partial charge in [-0.15, -0.1) is 0 Å². The smallest absolute Gasteiger partial charge is 0.422 e. The lowest BCUT2D eigenvalue weighted by Gasteiger charge is -2.27. The number of hydrogen-bond acceptors (Lipinski definition) is 5. The Morgan fingerprint density at radius 3 is 2.54 bits per heavy atom. The molecule has 10 heteroatoms. The van der Waals surface area contributed by atoms with E-state index in [1.165, 1.54) is 42.4 Å². The number of benzene rings is 1. The lowest BCUT2D eigenvalue weighted by molar-refractivity contribution is -0.153. The van der Waals surface area contributed by atoms with E-state index in [1.54, 1.807) is 0 Å². The van der Waals surface area contributed by atoms with Crippen LogP contribution in [0.25, 0.3) is 5.57 Å². The average Bonchev–Trinajstić information content (AvgIpc) is 2.48. The van der Waals surface area contributed by atoms with Crippen molar-refractivity contribution in [3.05, 3.63) is 46.6 Å². The first-order valence-corrected chi connectivity index (χ1v) is 9.79. The van der Waals surface area contributed by atoms with Crippen molar-refractivity contribution in [2.75, 3.05) is 19.9 Å². The van der Waals surface area contributed by atoms with Crippen LogP contribution in [0.1, 0.15) is 11.1 Å². The number of ether oxygens (including phenoxy) is 1. The second-order valence-corrected chi connectivity index (χ2v) is 8.53. The molecule has 144 valence electrons. The Hall–Kier alpha value is -1.71. The molecule has 0 saturated carbocycles. The van der Waals surface area contributed by atoms with E-state index in [0.29, 0.717) is 11.1 Å². The highest BCUT2D eigenvalue weighted by Gasteiger charge is 2.29. The number of alkyl halides is 3. The summed E-state index contributed by atoms with van der Waals surface area (Å²) in [6, 6.07) is 4.11. The number of hydrogen-bond donors (Lipinski definition) is 1. The van der Waals surface area contributed by atoms with Gasteiger partial charge >= 0.3 is 6.18 Å². The quantitative estimate of drug-likeness (QED) is 0.807. The number of likely N-dealkylation sites (N-methyl/N-ethyl adjacent to an activating group) is 1. The van der Waals surface area contributed by atoms with Crippen molar-refractivity contribution < 1.29 is 31.4 Å². The van der Waals surface area contributed by atoms with Gasteiger partial charge in [-0.25, -0.2) is 8.42 Å². The van der Waals surface area contributed by atoms with Crippen LogP contribution in [0, 0.1) is 0 Å². The summed E-state index contributed by atoms with van der Waals surface area (Å²) >= 11 is 5.97. The minimum absolute atomic E-state index is 0.0697. The number of nitrogens with zero attached hydrogens (tertiary/aromatic N) is 1. The molecule has 0 fully saturated rings. The fourth-order valence-electron chi connectivity index (χ4n) is 2.37. The standard InChI is InChI=1S/C16H17ClF3NO4S/c1-21-7-11(6-13(17)15(21)22)12-5-10(8-26(2,23)24)3-4-14(12)25-9-16(18,19)20/h3-7,15,22H,8-9H2,1-2H3. The maximum Gasteiger partial charge on any atom is 0.422 e. The minimum atomic E-state index is -4.52. The Morgan fingerprint density at radius 2 is 2.00 bits per heavy atom. The van der Waals surface area contributed by atoms with Crippen molar-refractivity contribution in [2.24, 2.45) is 0 Å². The van der Waals surface area contributed by atoms with Gasteiger partial charge in [-0.2, -0.15) is 13.2 Å². The molecule has 26 heavy (non-hydrogen) atoms. The molecular weight excluding hydrogens is 395 g/mol. The minimum Gasteiger partial charge on any atom is -0.483 e. The summed E-state index contributed by atoms with van der Waals surface area (Å²) < 4.78 is 65.4. The Morgan fingerprint density at radius 1 is 1.35 bits per heavy atom. The zero-order valence-corrected chi connectivity index (χ0v) is 15.5. The van der Waals surface area contributed by atoms with Crippen molar-refractivity contribution in [1.82, 2.24) is 4.90 Å². The normalized spacial score (nSPS) is 18.4. The summed E-state index contributed by atoms with van der Waals surface area (Å²) in [6.07, 6.45) is -1.66. The predicted octanol–water partition coefficient (Wildman–Crippen LogP) is 2.90. The van der Waals surface area contributed by atoms with Crippen molar-refractivity contribution in [3.8, 4) is 5.75 Å². The topological polar surface area (TPSA) is 66.8 Å². The molecule has 1 aromatic rings. The summed E-state index contributed by atoms with van der Waals surface area (Å²) in [6.45, 7) is -1.49. The molecule has 1 aliphatic heterocycles. The van der Waals surface area contributed by atoms with Gasteiger partial charge in [-0.05, 0) is 23.8 Å². The molecule has 5 nitrogen and oxygen atoms in total. The highest BCUT2D eigenvalue weighted by Crippen LogP contribution is 2.34. The molecule has 0 saturated heterocycles. The van der Waals surface area contributed by atoms with Gasteiger partial charge in [-0.1, -0.05) is 17.7 Å². The highest BCUT2D eigenvalue weighted by molar-refractivity contribution is 7.89. The van der Waals surface area contributed by atoms with Gasteiger partial charge in [0.05, 0.1) is 10.8 Å². The van der Waals surface area contributed by atoms with Crippen LogP contribution in [-0.2, 0) is 15.6 Å². The molecule has 2 rings (SSSR count). The van der Waals surface area contributed by atoms with E-state index in [-0.39, 0.29) is 22.1 Å². The first kappa shape index (κ1) is 20.6. The Balaban J connectivity index is 2.48. The molecule has 0 aliphatic carbocycles. The third-order valence-electron chi connectivity index (χ3n) is 3.44. The van der Waals surface area contributed by atoms with Crippen molar-refractivity contribution >= 4 is 27.0 Å². The molecule has 0 spiro atoms. The van der Waals surface area contributed by atoms with E-state index in [0.717, 1.165) is 6.26 Å². The van der Waals surface area contributed by atoms with Gasteiger partial charge < -0.3 is 14.7 Å². The van der Waals surface area contributed by atoms with E-state index in [4.69, 9.17) is 16.3 Å². The van der Waals surface area contributed by atoms with Crippen LogP contribution in [0.4, 0.5) is 13.2 Å².